The van der Waals surface area contributed by atoms with Crippen molar-refractivity contribution in [2.75, 3.05) is 0 Å². The van der Waals surface area contributed by atoms with Crippen LogP contribution in [-0.2, 0) is 14.7 Å². The summed E-state index contributed by atoms with van der Waals surface area (Å²) in [6.45, 7) is 13.0. The van der Waals surface area contributed by atoms with Gasteiger partial charge in [-0.2, -0.15) is 0 Å². The van der Waals surface area contributed by atoms with E-state index in [9.17, 15) is 0 Å². The van der Waals surface area contributed by atoms with E-state index in [-0.39, 0.29) is 16.6 Å². The molecule has 0 bridgehead atoms. The number of benzene rings is 3. The van der Waals surface area contributed by atoms with Gasteiger partial charge in [0.05, 0.1) is 22.2 Å². The molecular weight excluding hydrogens is 455 g/mol. The Balaban J connectivity index is 1.48. The Kier molecular flexibility index (Phi) is 4.51. The van der Waals surface area contributed by atoms with Crippen LogP contribution < -0.4 is 5.46 Å². The zero-order chi connectivity index (χ0) is 25.7. The lowest BCUT2D eigenvalue weighted by Crippen LogP contribution is -2.41. The van der Waals surface area contributed by atoms with E-state index in [1.807, 2.05) is 12.4 Å². The van der Waals surface area contributed by atoms with Gasteiger partial charge < -0.3 is 13.9 Å². The van der Waals surface area contributed by atoms with Crippen molar-refractivity contribution in [2.45, 2.75) is 58.2 Å². The standard InChI is InChI=1S/C32H31BN2O2/c1-30(2)24-13-8-7-12-22(24)28-25(30)14-15-27-29(28)23-19-34-17-16-26(23)35(27)21-11-9-10-20(18-21)33-36-31(3,4)32(5,6)37-33/h7-19H,1-6H3. The molecule has 0 N–H and O–H groups in total. The molecule has 5 heteroatoms. The molecule has 0 spiro atoms. The maximum Gasteiger partial charge on any atom is 0.494 e. The summed E-state index contributed by atoms with van der Waals surface area (Å²) < 4.78 is 15.1. The van der Waals surface area contributed by atoms with Crippen LogP contribution in [0.1, 0.15) is 52.7 Å². The van der Waals surface area contributed by atoms with Crippen molar-refractivity contribution < 1.29 is 9.31 Å². The van der Waals surface area contributed by atoms with E-state index in [4.69, 9.17) is 9.31 Å². The van der Waals surface area contributed by atoms with Crippen molar-refractivity contribution in [3.63, 3.8) is 0 Å². The Morgan fingerprint density at radius 3 is 2.30 bits per heavy atom. The molecule has 7 rings (SSSR count). The summed E-state index contributed by atoms with van der Waals surface area (Å²) in [5.41, 5.74) is 9.02. The number of pyridine rings is 1. The van der Waals surface area contributed by atoms with Crippen LogP contribution >= 0.6 is 0 Å². The minimum Gasteiger partial charge on any atom is -0.399 e. The molecule has 0 amide bonds. The van der Waals surface area contributed by atoms with E-state index in [0.29, 0.717) is 0 Å². The first kappa shape index (κ1) is 22.8. The fourth-order valence-electron chi connectivity index (χ4n) is 6.21. The van der Waals surface area contributed by atoms with Gasteiger partial charge in [-0.15, -0.1) is 0 Å². The SMILES string of the molecule is CC1(C)c2ccccc2-c2c1ccc1c2c2cnccc2n1-c1cccc(B2OC(C)(C)C(C)(C)O2)c1. The van der Waals surface area contributed by atoms with Gasteiger partial charge in [0, 0.05) is 34.3 Å². The van der Waals surface area contributed by atoms with E-state index in [0.717, 1.165) is 16.7 Å². The van der Waals surface area contributed by atoms with Crippen LogP contribution in [0.4, 0.5) is 0 Å². The van der Waals surface area contributed by atoms with Gasteiger partial charge in [-0.05, 0) is 79.7 Å². The molecule has 0 radical (unpaired) electrons. The second kappa shape index (κ2) is 7.34. The number of hydrogen-bond acceptors (Lipinski definition) is 3. The quantitative estimate of drug-likeness (QED) is 0.258. The van der Waals surface area contributed by atoms with Gasteiger partial charge in [-0.25, -0.2) is 0 Å². The molecule has 0 atom stereocenters. The first-order chi connectivity index (χ1) is 17.6. The smallest absolute Gasteiger partial charge is 0.399 e. The summed E-state index contributed by atoms with van der Waals surface area (Å²) in [7, 11) is -0.406. The molecule has 2 aromatic heterocycles. The predicted octanol–water partition coefficient (Wildman–Crippen LogP) is 6.78. The maximum atomic E-state index is 6.38. The van der Waals surface area contributed by atoms with Gasteiger partial charge in [-0.1, -0.05) is 56.3 Å². The first-order valence-electron chi connectivity index (χ1n) is 13.1. The maximum absolute atomic E-state index is 6.38. The first-order valence-corrected chi connectivity index (χ1v) is 13.1. The van der Waals surface area contributed by atoms with Gasteiger partial charge in [0.15, 0.2) is 0 Å². The molecule has 2 aliphatic rings. The fourth-order valence-corrected chi connectivity index (χ4v) is 6.21. The molecule has 1 aliphatic carbocycles. The van der Waals surface area contributed by atoms with Gasteiger partial charge in [0.1, 0.15) is 0 Å². The Morgan fingerprint density at radius 2 is 1.51 bits per heavy atom. The van der Waals surface area contributed by atoms with Gasteiger partial charge in [0.25, 0.3) is 0 Å². The number of aromatic nitrogens is 2. The van der Waals surface area contributed by atoms with Gasteiger partial charge in [0.2, 0.25) is 0 Å². The lowest BCUT2D eigenvalue weighted by molar-refractivity contribution is 0.00578. The molecule has 0 unspecified atom stereocenters. The van der Waals surface area contributed by atoms with Crippen LogP contribution in [0.25, 0.3) is 38.6 Å². The molecule has 0 saturated carbocycles. The predicted molar refractivity (Wildman–Crippen MR) is 152 cm³/mol. The van der Waals surface area contributed by atoms with E-state index < -0.39 is 7.12 Å². The van der Waals surface area contributed by atoms with E-state index in [1.54, 1.807) is 0 Å². The highest BCUT2D eigenvalue weighted by Crippen LogP contribution is 2.53. The minimum absolute atomic E-state index is 0.0482. The molecule has 4 nitrogen and oxygen atoms in total. The highest BCUT2D eigenvalue weighted by atomic mass is 16.7. The van der Waals surface area contributed by atoms with Crippen LogP contribution in [0.5, 0.6) is 0 Å². The Bertz CT molecular complexity index is 1710. The number of rotatable bonds is 2. The fraction of sp³-hybridized carbons (Fsp3) is 0.281. The van der Waals surface area contributed by atoms with Gasteiger partial charge >= 0.3 is 7.12 Å². The normalized spacial score (nSPS) is 18.9. The largest absolute Gasteiger partial charge is 0.494 e. The molecule has 1 saturated heterocycles. The van der Waals surface area contributed by atoms with Crippen LogP contribution in [0.2, 0.25) is 0 Å². The lowest BCUT2D eigenvalue weighted by Gasteiger charge is -2.32. The zero-order valence-corrected chi connectivity index (χ0v) is 22.3. The van der Waals surface area contributed by atoms with E-state index >= 15 is 0 Å². The molecule has 1 fully saturated rings. The molecule has 3 aromatic carbocycles. The van der Waals surface area contributed by atoms with Crippen LogP contribution in [0.15, 0.2) is 79.1 Å². The third-order valence-electron chi connectivity index (χ3n) is 8.93. The van der Waals surface area contributed by atoms with Crippen molar-refractivity contribution in [1.82, 2.24) is 9.55 Å². The van der Waals surface area contributed by atoms with Crippen molar-refractivity contribution >= 4 is 34.4 Å². The molecule has 1 aliphatic heterocycles. The van der Waals surface area contributed by atoms with Crippen LogP contribution in [0.3, 0.4) is 0 Å². The lowest BCUT2D eigenvalue weighted by atomic mass is 9.79. The van der Waals surface area contributed by atoms with Crippen molar-refractivity contribution in [1.29, 1.82) is 0 Å². The average molecular weight is 486 g/mol. The second-order valence-corrected chi connectivity index (χ2v) is 12.0. The van der Waals surface area contributed by atoms with Crippen LogP contribution in [0, 0.1) is 0 Å². The highest BCUT2D eigenvalue weighted by Gasteiger charge is 2.51. The van der Waals surface area contributed by atoms with E-state index in [1.165, 1.54) is 38.5 Å². The van der Waals surface area contributed by atoms with E-state index in [2.05, 4.69) is 118 Å². The zero-order valence-electron chi connectivity index (χ0n) is 22.3. The number of fused-ring (bicyclic) bond motifs is 7. The summed E-state index contributed by atoms with van der Waals surface area (Å²) in [6.07, 6.45) is 3.90. The molecular formula is C32H31BN2O2. The van der Waals surface area contributed by atoms with Crippen LogP contribution in [-0.4, -0.2) is 27.9 Å². The van der Waals surface area contributed by atoms with Crippen molar-refractivity contribution in [2.24, 2.45) is 0 Å². The molecule has 5 aromatic rings. The molecule has 184 valence electrons. The highest BCUT2D eigenvalue weighted by molar-refractivity contribution is 6.62. The Morgan fingerprint density at radius 1 is 0.757 bits per heavy atom. The molecule has 3 heterocycles. The average Bonchev–Trinajstić information content (AvgIpc) is 3.41. The summed E-state index contributed by atoms with van der Waals surface area (Å²) >= 11 is 0. The minimum atomic E-state index is -0.406. The molecule has 37 heavy (non-hydrogen) atoms. The third-order valence-corrected chi connectivity index (χ3v) is 8.93. The summed E-state index contributed by atoms with van der Waals surface area (Å²) in [5, 5.41) is 2.43. The summed E-state index contributed by atoms with van der Waals surface area (Å²) in [5.74, 6) is 0. The summed E-state index contributed by atoms with van der Waals surface area (Å²) in [6, 6.07) is 24.1. The monoisotopic (exact) mass is 486 g/mol. The topological polar surface area (TPSA) is 36.3 Å². The third kappa shape index (κ3) is 3.02. The van der Waals surface area contributed by atoms with Crippen molar-refractivity contribution in [3.05, 3.63) is 90.3 Å². The number of hydrogen-bond donors (Lipinski definition) is 0. The summed E-state index contributed by atoms with van der Waals surface area (Å²) in [4.78, 5) is 4.55. The van der Waals surface area contributed by atoms with Gasteiger partial charge in [-0.3, -0.25) is 4.98 Å². The van der Waals surface area contributed by atoms with Crippen molar-refractivity contribution in [3.8, 4) is 16.8 Å². The number of nitrogens with zero attached hydrogens (tertiary/aromatic N) is 2. The Hall–Kier alpha value is -3.41. The second-order valence-electron chi connectivity index (χ2n) is 12.0. The Labute approximate surface area is 218 Å².